The molecule has 0 bridgehead atoms. The van der Waals surface area contributed by atoms with Crippen molar-refractivity contribution in [2.75, 3.05) is 24.9 Å². The monoisotopic (exact) mass is 562 g/mol. The third-order valence-electron chi connectivity index (χ3n) is 4.56. The van der Waals surface area contributed by atoms with Gasteiger partial charge in [-0.25, -0.2) is 0 Å². The fourth-order valence-corrected chi connectivity index (χ4v) is 4.15. The van der Waals surface area contributed by atoms with Crippen LogP contribution in [0.5, 0.6) is 11.5 Å². The van der Waals surface area contributed by atoms with Crippen LogP contribution in [0.4, 0.5) is 11.4 Å². The molecular formula is C24H23IN2O4S. The van der Waals surface area contributed by atoms with E-state index >= 15 is 0 Å². The van der Waals surface area contributed by atoms with Gasteiger partial charge in [0.2, 0.25) is 5.91 Å². The van der Waals surface area contributed by atoms with Crippen molar-refractivity contribution in [3.63, 3.8) is 0 Å². The number of amides is 2. The third kappa shape index (κ3) is 6.17. The second-order valence-corrected chi connectivity index (χ2v) is 9.43. The third-order valence-corrected chi connectivity index (χ3v) is 6.39. The number of rotatable bonds is 8. The summed E-state index contributed by atoms with van der Waals surface area (Å²) in [7, 11) is 3.01. The highest BCUT2D eigenvalue weighted by atomic mass is 127. The number of hydrogen-bond donors (Lipinski definition) is 2. The molecule has 0 aliphatic carbocycles. The van der Waals surface area contributed by atoms with Gasteiger partial charge >= 0.3 is 0 Å². The molecule has 0 saturated carbocycles. The van der Waals surface area contributed by atoms with Gasteiger partial charge in [0.05, 0.1) is 19.5 Å². The predicted molar refractivity (Wildman–Crippen MR) is 137 cm³/mol. The Morgan fingerprint density at radius 1 is 0.844 bits per heavy atom. The number of methoxy groups -OCH3 is 2. The minimum absolute atomic E-state index is 0.0724. The summed E-state index contributed by atoms with van der Waals surface area (Å²) < 4.78 is 11.7. The first-order chi connectivity index (χ1) is 15.4. The highest BCUT2D eigenvalue weighted by Gasteiger charge is 2.19. The van der Waals surface area contributed by atoms with Crippen molar-refractivity contribution in [1.29, 1.82) is 0 Å². The quantitative estimate of drug-likeness (QED) is 0.273. The smallest absolute Gasteiger partial charge is 0.263 e. The summed E-state index contributed by atoms with van der Waals surface area (Å²) >= 11 is 3.67. The number of carbonyl (C=O) groups excluding carboxylic acids is 2. The van der Waals surface area contributed by atoms with Crippen molar-refractivity contribution in [3.8, 4) is 11.5 Å². The molecule has 0 saturated heterocycles. The van der Waals surface area contributed by atoms with Crippen LogP contribution in [0.25, 0.3) is 0 Å². The Labute approximate surface area is 205 Å². The average Bonchev–Trinajstić information content (AvgIpc) is 2.81. The summed E-state index contributed by atoms with van der Waals surface area (Å²) in [5, 5.41) is 5.50. The summed E-state index contributed by atoms with van der Waals surface area (Å²) in [6, 6.07) is 20.2. The standard InChI is InChI=1S/C24H23IN2O4S/c1-15(23(28)26-17-9-7-16(25)8-10-17)32-19-13-11-18(12-14-19)27-24(29)22-20(30-2)5-4-6-21(22)31-3/h4-15H,1-3H3,(H,26,28)(H,27,29). The van der Waals surface area contributed by atoms with E-state index in [1.165, 1.54) is 26.0 Å². The lowest BCUT2D eigenvalue weighted by Crippen LogP contribution is -2.22. The Morgan fingerprint density at radius 3 is 1.94 bits per heavy atom. The van der Waals surface area contributed by atoms with Gasteiger partial charge in [-0.05, 0) is 90.2 Å². The van der Waals surface area contributed by atoms with Crippen LogP contribution in [0.3, 0.4) is 0 Å². The maximum Gasteiger partial charge on any atom is 0.263 e. The number of thioether (sulfide) groups is 1. The lowest BCUT2D eigenvalue weighted by Gasteiger charge is -2.14. The minimum Gasteiger partial charge on any atom is -0.496 e. The Balaban J connectivity index is 1.62. The molecule has 1 atom stereocenters. The molecule has 0 fully saturated rings. The number of benzene rings is 3. The molecule has 2 amide bonds. The molecule has 0 radical (unpaired) electrons. The number of nitrogens with one attached hydrogen (secondary N) is 2. The number of ether oxygens (including phenoxy) is 2. The van der Waals surface area contributed by atoms with Gasteiger partial charge in [-0.2, -0.15) is 0 Å². The molecule has 3 aromatic carbocycles. The van der Waals surface area contributed by atoms with Crippen molar-refractivity contribution in [2.45, 2.75) is 17.1 Å². The molecule has 3 rings (SSSR count). The van der Waals surface area contributed by atoms with Crippen LogP contribution < -0.4 is 20.1 Å². The molecule has 3 aromatic rings. The molecular weight excluding hydrogens is 539 g/mol. The molecule has 0 aliphatic rings. The zero-order chi connectivity index (χ0) is 23.1. The van der Waals surface area contributed by atoms with Crippen LogP contribution in [0.1, 0.15) is 17.3 Å². The number of anilines is 2. The van der Waals surface area contributed by atoms with Crippen LogP contribution in [-0.2, 0) is 4.79 Å². The summed E-state index contributed by atoms with van der Waals surface area (Å²) in [6.45, 7) is 1.86. The second-order valence-electron chi connectivity index (χ2n) is 6.77. The molecule has 1 unspecified atom stereocenters. The second kappa shape index (κ2) is 11.2. The van der Waals surface area contributed by atoms with Gasteiger partial charge in [-0.3, -0.25) is 9.59 Å². The van der Waals surface area contributed by atoms with E-state index in [1.807, 2.05) is 43.3 Å². The Hall–Kier alpha value is -2.72. The normalized spacial score (nSPS) is 11.4. The minimum atomic E-state index is -0.329. The van der Waals surface area contributed by atoms with Gasteiger partial charge in [0, 0.05) is 19.8 Å². The van der Waals surface area contributed by atoms with Crippen molar-refractivity contribution in [3.05, 3.63) is 75.9 Å². The first-order valence-electron chi connectivity index (χ1n) is 9.76. The molecule has 0 aromatic heterocycles. The fourth-order valence-electron chi connectivity index (χ4n) is 2.92. The van der Waals surface area contributed by atoms with Gasteiger partial charge in [-0.15, -0.1) is 11.8 Å². The zero-order valence-electron chi connectivity index (χ0n) is 17.8. The van der Waals surface area contributed by atoms with E-state index in [1.54, 1.807) is 30.3 Å². The number of hydrogen-bond acceptors (Lipinski definition) is 5. The predicted octanol–water partition coefficient (Wildman–Crippen LogP) is 5.68. The number of halogens is 1. The van der Waals surface area contributed by atoms with Crippen molar-refractivity contribution < 1.29 is 19.1 Å². The van der Waals surface area contributed by atoms with E-state index in [-0.39, 0.29) is 17.1 Å². The van der Waals surface area contributed by atoms with Crippen molar-refractivity contribution in [1.82, 2.24) is 0 Å². The van der Waals surface area contributed by atoms with Crippen molar-refractivity contribution >= 4 is 57.5 Å². The first-order valence-corrected chi connectivity index (χ1v) is 11.7. The van der Waals surface area contributed by atoms with Crippen LogP contribution in [0.2, 0.25) is 0 Å². The highest BCUT2D eigenvalue weighted by Crippen LogP contribution is 2.30. The van der Waals surface area contributed by atoms with Gasteiger partial charge < -0.3 is 20.1 Å². The summed E-state index contributed by atoms with van der Waals surface area (Å²) in [4.78, 5) is 26.2. The maximum atomic E-state index is 12.8. The summed E-state index contributed by atoms with van der Waals surface area (Å²) in [5.41, 5.74) is 1.73. The molecule has 2 N–H and O–H groups in total. The summed E-state index contributed by atoms with van der Waals surface area (Å²) in [5.74, 6) is 0.464. The molecule has 166 valence electrons. The van der Waals surface area contributed by atoms with Gasteiger partial charge in [-0.1, -0.05) is 6.07 Å². The van der Waals surface area contributed by atoms with E-state index < -0.39 is 0 Å². The van der Waals surface area contributed by atoms with E-state index in [9.17, 15) is 9.59 Å². The molecule has 8 heteroatoms. The van der Waals surface area contributed by atoms with E-state index in [0.717, 1.165) is 14.2 Å². The molecule has 0 aliphatic heterocycles. The Kier molecular flexibility index (Phi) is 8.40. The maximum absolute atomic E-state index is 12.8. The van der Waals surface area contributed by atoms with E-state index in [2.05, 4.69) is 33.2 Å². The molecule has 32 heavy (non-hydrogen) atoms. The first kappa shape index (κ1) is 23.9. The Morgan fingerprint density at radius 2 is 1.38 bits per heavy atom. The molecule has 0 heterocycles. The van der Waals surface area contributed by atoms with Gasteiger partial charge in [0.25, 0.3) is 5.91 Å². The molecule has 6 nitrogen and oxygen atoms in total. The van der Waals surface area contributed by atoms with E-state index in [0.29, 0.717) is 22.7 Å². The zero-order valence-corrected chi connectivity index (χ0v) is 20.8. The van der Waals surface area contributed by atoms with E-state index in [4.69, 9.17) is 9.47 Å². The largest absolute Gasteiger partial charge is 0.496 e. The number of carbonyl (C=O) groups is 2. The van der Waals surface area contributed by atoms with Crippen LogP contribution in [0, 0.1) is 3.57 Å². The fraction of sp³-hybridized carbons (Fsp3) is 0.167. The van der Waals surface area contributed by atoms with Crippen LogP contribution in [0.15, 0.2) is 71.6 Å². The Bertz CT molecular complexity index is 1070. The highest BCUT2D eigenvalue weighted by molar-refractivity contribution is 14.1. The summed E-state index contributed by atoms with van der Waals surface area (Å²) in [6.07, 6.45) is 0. The molecule has 0 spiro atoms. The SMILES string of the molecule is COc1cccc(OC)c1C(=O)Nc1ccc(SC(C)C(=O)Nc2ccc(I)cc2)cc1. The average molecular weight is 562 g/mol. The van der Waals surface area contributed by atoms with Crippen LogP contribution >= 0.6 is 34.4 Å². The topological polar surface area (TPSA) is 76.7 Å². The van der Waals surface area contributed by atoms with Gasteiger partial charge in [0.1, 0.15) is 17.1 Å². The lowest BCUT2D eigenvalue weighted by molar-refractivity contribution is -0.115. The van der Waals surface area contributed by atoms with Gasteiger partial charge in [0.15, 0.2) is 0 Å². The van der Waals surface area contributed by atoms with Crippen molar-refractivity contribution in [2.24, 2.45) is 0 Å². The van der Waals surface area contributed by atoms with Crippen LogP contribution in [-0.4, -0.2) is 31.3 Å². The lowest BCUT2D eigenvalue weighted by atomic mass is 10.1.